The van der Waals surface area contributed by atoms with Gasteiger partial charge in [0, 0.05) is 41.2 Å². The molecule has 6 nitrogen and oxygen atoms in total. The fourth-order valence-corrected chi connectivity index (χ4v) is 4.65. The zero-order valence-electron chi connectivity index (χ0n) is 16.4. The zero-order chi connectivity index (χ0) is 20.8. The lowest BCUT2D eigenvalue weighted by atomic mass is 9.89. The summed E-state index contributed by atoms with van der Waals surface area (Å²) in [5.74, 6) is -0.269. The second-order valence-corrected chi connectivity index (χ2v) is 8.60. The summed E-state index contributed by atoms with van der Waals surface area (Å²) in [5, 5.41) is 6.52. The smallest absolute Gasteiger partial charge is 0.254 e. The minimum Gasteiger partial charge on any atom is -0.354 e. The highest BCUT2D eigenvalue weighted by molar-refractivity contribution is 6.35. The van der Waals surface area contributed by atoms with Gasteiger partial charge in [0.2, 0.25) is 11.8 Å². The number of nitrogens with one attached hydrogen (secondary N) is 2. The number of nitrogens with zero attached hydrogens (tertiary/aromatic N) is 1. The van der Waals surface area contributed by atoms with E-state index in [4.69, 9.17) is 23.2 Å². The van der Waals surface area contributed by atoms with Crippen molar-refractivity contribution in [1.82, 2.24) is 15.5 Å². The van der Waals surface area contributed by atoms with E-state index in [0.29, 0.717) is 41.7 Å². The topological polar surface area (TPSA) is 78.5 Å². The Hall–Kier alpha value is -1.79. The Morgan fingerprint density at radius 1 is 0.862 bits per heavy atom. The van der Waals surface area contributed by atoms with Gasteiger partial charge in [-0.15, -0.1) is 0 Å². The van der Waals surface area contributed by atoms with E-state index in [1.807, 2.05) is 0 Å². The summed E-state index contributed by atoms with van der Waals surface area (Å²) >= 11 is 12.0. The van der Waals surface area contributed by atoms with Gasteiger partial charge in [-0.05, 0) is 43.9 Å². The molecule has 1 saturated heterocycles. The van der Waals surface area contributed by atoms with Gasteiger partial charge in [0.15, 0.2) is 0 Å². The molecule has 1 aliphatic heterocycles. The largest absolute Gasteiger partial charge is 0.354 e. The molecule has 2 fully saturated rings. The second kappa shape index (κ2) is 10.3. The number of benzene rings is 1. The number of hydrogen-bond donors (Lipinski definition) is 2. The maximum absolute atomic E-state index is 12.8. The molecule has 29 heavy (non-hydrogen) atoms. The van der Waals surface area contributed by atoms with Crippen molar-refractivity contribution in [3.05, 3.63) is 33.8 Å². The molecule has 0 spiro atoms. The number of hydrogen-bond acceptors (Lipinski definition) is 3. The van der Waals surface area contributed by atoms with Crippen molar-refractivity contribution in [2.75, 3.05) is 19.6 Å². The Kier molecular flexibility index (Phi) is 7.78. The molecule has 1 aliphatic carbocycles. The summed E-state index contributed by atoms with van der Waals surface area (Å²) in [6, 6.07) is 4.16. The summed E-state index contributed by atoms with van der Waals surface area (Å²) in [4.78, 5) is 39.2. The molecular weight excluding hydrogens is 413 g/mol. The van der Waals surface area contributed by atoms with Crippen molar-refractivity contribution in [3.8, 4) is 0 Å². The molecule has 1 aromatic carbocycles. The van der Waals surface area contributed by atoms with Gasteiger partial charge in [0.1, 0.15) is 6.04 Å². The van der Waals surface area contributed by atoms with E-state index in [9.17, 15) is 14.4 Å². The molecular formula is C21H27Cl2N3O3. The van der Waals surface area contributed by atoms with Crippen LogP contribution >= 0.6 is 23.2 Å². The summed E-state index contributed by atoms with van der Waals surface area (Å²) in [6.07, 6.45) is 6.70. The first kappa shape index (κ1) is 21.9. The van der Waals surface area contributed by atoms with Crippen LogP contribution in [0.3, 0.4) is 0 Å². The van der Waals surface area contributed by atoms with E-state index in [2.05, 4.69) is 10.6 Å². The summed E-state index contributed by atoms with van der Waals surface area (Å²) < 4.78 is 0. The van der Waals surface area contributed by atoms with Gasteiger partial charge in [-0.25, -0.2) is 0 Å². The number of carbonyl (C=O) groups excluding carboxylic acids is 3. The molecule has 0 radical (unpaired) electrons. The van der Waals surface area contributed by atoms with Crippen molar-refractivity contribution < 1.29 is 14.4 Å². The fourth-order valence-electron chi connectivity index (χ4n) is 4.12. The number of carbonyl (C=O) groups is 3. The lowest BCUT2D eigenvalue weighted by Crippen LogP contribution is -2.47. The highest BCUT2D eigenvalue weighted by Gasteiger charge is 2.34. The van der Waals surface area contributed by atoms with Crippen LogP contribution in [0.2, 0.25) is 10.0 Å². The first-order valence-electron chi connectivity index (χ1n) is 10.3. The van der Waals surface area contributed by atoms with E-state index >= 15 is 0 Å². The van der Waals surface area contributed by atoms with Gasteiger partial charge < -0.3 is 15.5 Å². The molecule has 8 heteroatoms. The number of amides is 3. The maximum Gasteiger partial charge on any atom is 0.254 e. The third-order valence-corrected chi connectivity index (χ3v) is 6.06. The molecule has 1 aromatic rings. The second-order valence-electron chi connectivity index (χ2n) is 7.73. The number of halogens is 2. The quantitative estimate of drug-likeness (QED) is 0.666. The third kappa shape index (κ3) is 5.86. The molecule has 3 amide bonds. The first-order valence-corrected chi connectivity index (χ1v) is 11.0. The summed E-state index contributed by atoms with van der Waals surface area (Å²) in [7, 11) is 0. The number of likely N-dealkylation sites (tertiary alicyclic amines) is 1. The van der Waals surface area contributed by atoms with Gasteiger partial charge in [0.05, 0.1) is 0 Å². The average molecular weight is 440 g/mol. The van der Waals surface area contributed by atoms with Crippen molar-refractivity contribution in [2.24, 2.45) is 5.92 Å². The highest BCUT2D eigenvalue weighted by atomic mass is 35.5. The van der Waals surface area contributed by atoms with Crippen LogP contribution < -0.4 is 10.6 Å². The predicted octanol–water partition coefficient (Wildman–Crippen LogP) is 3.41. The van der Waals surface area contributed by atoms with Crippen LogP contribution in [-0.4, -0.2) is 48.3 Å². The molecule has 2 aliphatic rings. The predicted molar refractivity (Wildman–Crippen MR) is 113 cm³/mol. The standard InChI is InChI=1S/C21H27Cl2N3O3/c22-16-11-15(12-17(23)13-16)21(29)26-10-4-7-18(26)20(28)25-9-8-24-19(27)14-5-2-1-3-6-14/h11-14,18H,1-10H2,(H,24,27)(H,25,28). The van der Waals surface area contributed by atoms with Gasteiger partial charge in [-0.1, -0.05) is 42.5 Å². The molecule has 158 valence electrons. The van der Waals surface area contributed by atoms with E-state index in [0.717, 1.165) is 32.1 Å². The molecule has 2 N–H and O–H groups in total. The normalized spacial score (nSPS) is 19.8. The molecule has 1 heterocycles. The molecule has 1 atom stereocenters. The van der Waals surface area contributed by atoms with Crippen LogP contribution in [0.25, 0.3) is 0 Å². The maximum atomic E-state index is 12.8. The number of rotatable bonds is 6. The van der Waals surface area contributed by atoms with Crippen molar-refractivity contribution in [3.63, 3.8) is 0 Å². The molecule has 1 saturated carbocycles. The van der Waals surface area contributed by atoms with E-state index < -0.39 is 6.04 Å². The van der Waals surface area contributed by atoms with Crippen LogP contribution in [0.4, 0.5) is 0 Å². The Balaban J connectivity index is 1.48. The monoisotopic (exact) mass is 439 g/mol. The molecule has 3 rings (SSSR count). The van der Waals surface area contributed by atoms with Crippen molar-refractivity contribution >= 4 is 40.9 Å². The van der Waals surface area contributed by atoms with Crippen LogP contribution in [-0.2, 0) is 9.59 Å². The molecule has 0 aromatic heterocycles. The van der Waals surface area contributed by atoms with Crippen molar-refractivity contribution in [2.45, 2.75) is 51.0 Å². The molecule has 0 bridgehead atoms. The summed E-state index contributed by atoms with van der Waals surface area (Å²) in [6.45, 7) is 1.25. The Morgan fingerprint density at radius 3 is 2.14 bits per heavy atom. The van der Waals surface area contributed by atoms with Gasteiger partial charge in [0.25, 0.3) is 5.91 Å². The van der Waals surface area contributed by atoms with E-state index in [1.54, 1.807) is 23.1 Å². The van der Waals surface area contributed by atoms with Gasteiger partial charge in [-0.3, -0.25) is 14.4 Å². The Morgan fingerprint density at radius 2 is 1.48 bits per heavy atom. The fraction of sp³-hybridized carbons (Fsp3) is 0.571. The van der Waals surface area contributed by atoms with E-state index in [-0.39, 0.29) is 23.6 Å². The Labute approximate surface area is 181 Å². The lowest BCUT2D eigenvalue weighted by molar-refractivity contribution is -0.127. The van der Waals surface area contributed by atoms with Gasteiger partial charge >= 0.3 is 0 Å². The van der Waals surface area contributed by atoms with Crippen LogP contribution in [0, 0.1) is 5.92 Å². The summed E-state index contributed by atoms with van der Waals surface area (Å²) in [5.41, 5.74) is 0.377. The van der Waals surface area contributed by atoms with Crippen LogP contribution in [0.15, 0.2) is 18.2 Å². The van der Waals surface area contributed by atoms with E-state index in [1.165, 1.54) is 6.42 Å². The lowest BCUT2D eigenvalue weighted by Gasteiger charge is -2.24. The first-order chi connectivity index (χ1) is 14.0. The average Bonchev–Trinajstić information content (AvgIpc) is 3.20. The molecule has 1 unspecified atom stereocenters. The minimum atomic E-state index is -0.519. The third-order valence-electron chi connectivity index (χ3n) is 5.63. The Bertz CT molecular complexity index is 745. The highest BCUT2D eigenvalue weighted by Crippen LogP contribution is 2.25. The van der Waals surface area contributed by atoms with Crippen LogP contribution in [0.1, 0.15) is 55.3 Å². The van der Waals surface area contributed by atoms with Crippen molar-refractivity contribution in [1.29, 1.82) is 0 Å². The SMILES string of the molecule is O=C(NCCNC(=O)C1CCCN1C(=O)c1cc(Cl)cc(Cl)c1)C1CCCCC1. The zero-order valence-corrected chi connectivity index (χ0v) is 17.9. The van der Waals surface area contributed by atoms with Crippen LogP contribution in [0.5, 0.6) is 0 Å². The minimum absolute atomic E-state index is 0.0782. The van der Waals surface area contributed by atoms with Gasteiger partial charge in [-0.2, -0.15) is 0 Å².